The van der Waals surface area contributed by atoms with E-state index in [1.165, 1.54) is 25.7 Å². The van der Waals surface area contributed by atoms with Crippen LogP contribution in [0.5, 0.6) is 0 Å². The molecule has 0 radical (unpaired) electrons. The van der Waals surface area contributed by atoms with Crippen molar-refractivity contribution in [2.45, 2.75) is 37.7 Å². The van der Waals surface area contributed by atoms with Gasteiger partial charge in [-0.25, -0.2) is 0 Å². The fraction of sp³-hybridized carbons (Fsp3) is 0.350. The number of rotatable bonds is 3. The van der Waals surface area contributed by atoms with Gasteiger partial charge in [0.25, 0.3) is 5.91 Å². The summed E-state index contributed by atoms with van der Waals surface area (Å²) < 4.78 is 0. The van der Waals surface area contributed by atoms with Gasteiger partial charge >= 0.3 is 0 Å². The summed E-state index contributed by atoms with van der Waals surface area (Å²) in [6.45, 7) is 0. The third-order valence-electron chi connectivity index (χ3n) is 5.26. The summed E-state index contributed by atoms with van der Waals surface area (Å²) in [6.07, 6.45) is 6.01. The lowest BCUT2D eigenvalue weighted by Gasteiger charge is -2.24. The maximum absolute atomic E-state index is 12.6. The molecular formula is C20H21NO2. The van der Waals surface area contributed by atoms with Crippen molar-refractivity contribution in [2.75, 3.05) is 5.32 Å². The van der Waals surface area contributed by atoms with Crippen molar-refractivity contribution in [3.05, 3.63) is 65.2 Å². The van der Waals surface area contributed by atoms with E-state index in [-0.39, 0.29) is 5.91 Å². The van der Waals surface area contributed by atoms with Crippen molar-refractivity contribution in [3.8, 4) is 0 Å². The molecule has 1 saturated carbocycles. The minimum atomic E-state index is -1.58. The molecule has 23 heavy (non-hydrogen) atoms. The molecule has 1 atom stereocenters. The van der Waals surface area contributed by atoms with Crippen molar-refractivity contribution in [1.29, 1.82) is 0 Å². The number of aliphatic hydroxyl groups is 1. The third-order valence-corrected chi connectivity index (χ3v) is 5.26. The normalized spacial score (nSPS) is 23.8. The van der Waals surface area contributed by atoms with Crippen molar-refractivity contribution < 1.29 is 9.90 Å². The van der Waals surface area contributed by atoms with E-state index in [0.29, 0.717) is 11.5 Å². The van der Waals surface area contributed by atoms with Crippen LogP contribution in [0.15, 0.2) is 48.5 Å². The Morgan fingerprint density at radius 2 is 1.78 bits per heavy atom. The molecule has 2 aliphatic rings. The van der Waals surface area contributed by atoms with Crippen LogP contribution >= 0.6 is 0 Å². The van der Waals surface area contributed by atoms with Gasteiger partial charge in [-0.05, 0) is 29.5 Å². The van der Waals surface area contributed by atoms with E-state index in [1.807, 2.05) is 42.5 Å². The molecule has 0 aromatic heterocycles. The average Bonchev–Trinajstić information content (AvgIpc) is 3.16. The molecule has 3 nitrogen and oxygen atoms in total. The summed E-state index contributed by atoms with van der Waals surface area (Å²) in [5.74, 6) is 0.315. The lowest BCUT2D eigenvalue weighted by Crippen LogP contribution is -2.36. The Morgan fingerprint density at radius 3 is 2.52 bits per heavy atom. The molecule has 0 bridgehead atoms. The molecule has 4 rings (SSSR count). The molecule has 1 fully saturated rings. The second kappa shape index (κ2) is 5.50. The fourth-order valence-corrected chi connectivity index (χ4v) is 4.11. The Labute approximate surface area is 136 Å². The zero-order valence-corrected chi connectivity index (χ0v) is 13.1. The van der Waals surface area contributed by atoms with Crippen LogP contribution in [0, 0.1) is 5.92 Å². The van der Waals surface area contributed by atoms with Crippen molar-refractivity contribution in [1.82, 2.24) is 0 Å². The van der Waals surface area contributed by atoms with Crippen molar-refractivity contribution in [2.24, 2.45) is 5.92 Å². The number of benzene rings is 2. The maximum atomic E-state index is 12.6. The molecule has 0 spiro atoms. The van der Waals surface area contributed by atoms with Gasteiger partial charge in [0.1, 0.15) is 0 Å². The predicted molar refractivity (Wildman–Crippen MR) is 90.2 cm³/mol. The van der Waals surface area contributed by atoms with E-state index in [4.69, 9.17) is 0 Å². The molecule has 2 aromatic rings. The van der Waals surface area contributed by atoms with E-state index < -0.39 is 5.60 Å². The first-order valence-corrected chi connectivity index (χ1v) is 8.41. The summed E-state index contributed by atoms with van der Waals surface area (Å²) in [5.41, 5.74) is 1.65. The number of fused-ring (bicyclic) bond motifs is 1. The number of anilines is 1. The van der Waals surface area contributed by atoms with Crippen LogP contribution in [-0.2, 0) is 16.8 Å². The van der Waals surface area contributed by atoms with Crippen LogP contribution in [0.1, 0.15) is 42.4 Å². The number of amides is 1. The Kier molecular flexibility index (Phi) is 3.46. The van der Waals surface area contributed by atoms with Gasteiger partial charge < -0.3 is 10.4 Å². The lowest BCUT2D eigenvalue weighted by atomic mass is 9.82. The second-order valence-electron chi connectivity index (χ2n) is 6.72. The molecule has 0 saturated heterocycles. The first-order chi connectivity index (χ1) is 11.2. The van der Waals surface area contributed by atoms with Gasteiger partial charge in [-0.15, -0.1) is 0 Å². The molecular weight excluding hydrogens is 286 g/mol. The Morgan fingerprint density at radius 1 is 1.04 bits per heavy atom. The molecule has 1 aliphatic carbocycles. The highest BCUT2D eigenvalue weighted by Crippen LogP contribution is 2.44. The first kappa shape index (κ1) is 14.5. The summed E-state index contributed by atoms with van der Waals surface area (Å²) >= 11 is 0. The molecule has 1 amide bonds. The Balaban J connectivity index is 1.82. The molecule has 1 heterocycles. The second-order valence-corrected chi connectivity index (χ2v) is 6.72. The molecule has 118 valence electrons. The van der Waals surface area contributed by atoms with E-state index in [1.54, 1.807) is 0 Å². The van der Waals surface area contributed by atoms with Crippen LogP contribution in [0.2, 0.25) is 0 Å². The first-order valence-electron chi connectivity index (χ1n) is 8.41. The minimum absolute atomic E-state index is 0.349. The lowest BCUT2D eigenvalue weighted by molar-refractivity contribution is -0.129. The molecule has 2 aromatic carbocycles. The van der Waals surface area contributed by atoms with Crippen LogP contribution in [0.4, 0.5) is 5.69 Å². The molecule has 1 unspecified atom stereocenters. The number of hydrogen-bond donors (Lipinski definition) is 2. The SMILES string of the molecule is O=C1Nc2cccc(CC3CCCC3)c2C1(O)c1ccccc1. The minimum Gasteiger partial charge on any atom is -0.372 e. The van der Waals surface area contributed by atoms with Gasteiger partial charge in [-0.2, -0.15) is 0 Å². The van der Waals surface area contributed by atoms with Gasteiger partial charge in [0, 0.05) is 11.3 Å². The largest absolute Gasteiger partial charge is 0.372 e. The Hall–Kier alpha value is -2.13. The van der Waals surface area contributed by atoms with E-state index in [2.05, 4.69) is 11.4 Å². The maximum Gasteiger partial charge on any atom is 0.265 e. The number of carbonyl (C=O) groups excluding carboxylic acids is 1. The summed E-state index contributed by atoms with van der Waals surface area (Å²) in [5, 5.41) is 14.2. The molecule has 2 N–H and O–H groups in total. The zero-order valence-electron chi connectivity index (χ0n) is 13.1. The van der Waals surface area contributed by atoms with Crippen molar-refractivity contribution in [3.63, 3.8) is 0 Å². The van der Waals surface area contributed by atoms with Crippen molar-refractivity contribution >= 4 is 11.6 Å². The zero-order chi connectivity index (χ0) is 15.9. The van der Waals surface area contributed by atoms with Crippen LogP contribution in [-0.4, -0.2) is 11.0 Å². The highest BCUT2D eigenvalue weighted by Gasteiger charge is 2.48. The number of nitrogens with one attached hydrogen (secondary N) is 1. The highest BCUT2D eigenvalue weighted by molar-refractivity contribution is 6.07. The topological polar surface area (TPSA) is 49.3 Å². The third kappa shape index (κ3) is 2.27. The van der Waals surface area contributed by atoms with E-state index in [9.17, 15) is 9.90 Å². The van der Waals surface area contributed by atoms with E-state index in [0.717, 1.165) is 23.2 Å². The molecule has 1 aliphatic heterocycles. The standard InChI is InChI=1S/C20H21NO2/c22-19-20(23,16-10-2-1-3-11-16)18-15(9-6-12-17(18)21-19)13-14-7-4-5-8-14/h1-3,6,9-12,14,23H,4-5,7-8,13H2,(H,21,22). The monoisotopic (exact) mass is 307 g/mol. The quantitative estimate of drug-likeness (QED) is 0.910. The number of hydrogen-bond acceptors (Lipinski definition) is 2. The summed E-state index contributed by atoms with van der Waals surface area (Å²) in [6, 6.07) is 15.2. The van der Waals surface area contributed by atoms with Crippen LogP contribution in [0.3, 0.4) is 0 Å². The predicted octanol–water partition coefficient (Wildman–Crippen LogP) is 3.61. The number of carbonyl (C=O) groups is 1. The van der Waals surface area contributed by atoms with Gasteiger partial charge in [0.15, 0.2) is 5.60 Å². The van der Waals surface area contributed by atoms with Gasteiger partial charge in [-0.1, -0.05) is 68.1 Å². The molecule has 3 heteroatoms. The van der Waals surface area contributed by atoms with E-state index >= 15 is 0 Å². The summed E-state index contributed by atoms with van der Waals surface area (Å²) in [4.78, 5) is 12.6. The van der Waals surface area contributed by atoms with Gasteiger partial charge in [0.05, 0.1) is 0 Å². The van der Waals surface area contributed by atoms with Gasteiger partial charge in [-0.3, -0.25) is 4.79 Å². The summed E-state index contributed by atoms with van der Waals surface area (Å²) in [7, 11) is 0. The average molecular weight is 307 g/mol. The van der Waals surface area contributed by atoms with Crippen LogP contribution < -0.4 is 5.32 Å². The fourth-order valence-electron chi connectivity index (χ4n) is 4.11. The van der Waals surface area contributed by atoms with Gasteiger partial charge in [0.2, 0.25) is 0 Å². The Bertz CT molecular complexity index is 735. The van der Waals surface area contributed by atoms with Crippen LogP contribution in [0.25, 0.3) is 0 Å². The highest BCUT2D eigenvalue weighted by atomic mass is 16.3. The smallest absolute Gasteiger partial charge is 0.265 e.